The molecule has 0 unspecified atom stereocenters. The lowest BCUT2D eigenvalue weighted by atomic mass is 10.2. The molecule has 0 aromatic heterocycles. The van der Waals surface area contributed by atoms with Gasteiger partial charge in [0, 0.05) is 26.2 Å². The van der Waals surface area contributed by atoms with E-state index in [2.05, 4.69) is 24.1 Å². The van der Waals surface area contributed by atoms with E-state index in [0.29, 0.717) is 12.1 Å². The molecular formula is C16H27N3O3S. The molecule has 0 heterocycles. The molecule has 7 heteroatoms. The molecule has 1 rings (SSSR count). The smallest absolute Gasteiger partial charge is 0.251 e. The summed E-state index contributed by atoms with van der Waals surface area (Å²) in [5.74, 6) is -0.182. The molecule has 0 saturated heterocycles. The molecule has 0 aliphatic rings. The predicted molar refractivity (Wildman–Crippen MR) is 92.1 cm³/mol. The highest BCUT2D eigenvalue weighted by atomic mass is 32.2. The molecule has 0 radical (unpaired) electrons. The first-order valence-electron chi connectivity index (χ1n) is 7.86. The van der Waals surface area contributed by atoms with Crippen LogP contribution in [0.3, 0.4) is 0 Å². The number of carbonyl (C=O) groups excluding carboxylic acids is 1. The summed E-state index contributed by atoms with van der Waals surface area (Å²) in [5, 5.41) is 2.86. The lowest BCUT2D eigenvalue weighted by Crippen LogP contribution is -2.30. The molecule has 1 amide bonds. The second-order valence-electron chi connectivity index (χ2n) is 5.45. The highest BCUT2D eigenvalue weighted by Crippen LogP contribution is 2.13. The third-order valence-corrected chi connectivity index (χ3v) is 5.56. The van der Waals surface area contributed by atoms with Gasteiger partial charge in [0.25, 0.3) is 5.91 Å². The predicted octanol–water partition coefficient (Wildman–Crippen LogP) is 1.40. The number of nitrogens with zero attached hydrogens (tertiary/aromatic N) is 2. The Hall–Kier alpha value is -1.44. The van der Waals surface area contributed by atoms with E-state index < -0.39 is 10.0 Å². The first kappa shape index (κ1) is 19.6. The van der Waals surface area contributed by atoms with Crippen molar-refractivity contribution in [2.75, 3.05) is 40.3 Å². The zero-order chi connectivity index (χ0) is 17.5. The molecule has 1 aromatic rings. The van der Waals surface area contributed by atoms with Crippen molar-refractivity contribution in [2.24, 2.45) is 0 Å². The van der Waals surface area contributed by atoms with Gasteiger partial charge in [0.05, 0.1) is 4.90 Å². The van der Waals surface area contributed by atoms with Gasteiger partial charge in [-0.3, -0.25) is 4.79 Å². The van der Waals surface area contributed by atoms with Crippen LogP contribution in [0.25, 0.3) is 0 Å². The molecule has 0 saturated carbocycles. The maximum absolute atomic E-state index is 12.0. The average Bonchev–Trinajstić information content (AvgIpc) is 2.54. The topological polar surface area (TPSA) is 69.7 Å². The third kappa shape index (κ3) is 5.60. The van der Waals surface area contributed by atoms with Crippen molar-refractivity contribution in [3.63, 3.8) is 0 Å². The van der Waals surface area contributed by atoms with Gasteiger partial charge >= 0.3 is 0 Å². The maximum Gasteiger partial charge on any atom is 0.251 e. The van der Waals surface area contributed by atoms with E-state index in [0.717, 1.165) is 30.4 Å². The van der Waals surface area contributed by atoms with Crippen LogP contribution in [-0.4, -0.2) is 63.8 Å². The van der Waals surface area contributed by atoms with Gasteiger partial charge in [-0.05, 0) is 50.3 Å². The van der Waals surface area contributed by atoms with Gasteiger partial charge in [-0.2, -0.15) is 0 Å². The molecule has 0 fully saturated rings. The van der Waals surface area contributed by atoms with Crippen LogP contribution in [0.4, 0.5) is 0 Å². The van der Waals surface area contributed by atoms with E-state index in [1.54, 1.807) is 0 Å². The van der Waals surface area contributed by atoms with Gasteiger partial charge in [0.15, 0.2) is 0 Å². The van der Waals surface area contributed by atoms with Crippen molar-refractivity contribution in [2.45, 2.75) is 25.2 Å². The molecular weight excluding hydrogens is 314 g/mol. The monoisotopic (exact) mass is 341 g/mol. The molecule has 0 aliphatic carbocycles. The molecule has 0 aliphatic heterocycles. The summed E-state index contributed by atoms with van der Waals surface area (Å²) in [6.45, 7) is 7.80. The summed E-state index contributed by atoms with van der Waals surface area (Å²) in [6.07, 6.45) is 0.889. The first-order valence-corrected chi connectivity index (χ1v) is 9.30. The standard InChI is InChI=1S/C16H27N3O3S/c1-5-19(6-2)13-7-12-17-16(20)14-8-10-15(11-9-14)23(21,22)18(3)4/h8-11H,5-7,12-13H2,1-4H3,(H,17,20). The van der Waals surface area contributed by atoms with Crippen LogP contribution in [0.1, 0.15) is 30.6 Å². The normalized spacial score (nSPS) is 11.9. The quantitative estimate of drug-likeness (QED) is 0.689. The van der Waals surface area contributed by atoms with E-state index >= 15 is 0 Å². The molecule has 0 atom stereocenters. The largest absolute Gasteiger partial charge is 0.352 e. The second-order valence-corrected chi connectivity index (χ2v) is 7.60. The number of rotatable bonds is 9. The van der Waals surface area contributed by atoms with Crippen molar-refractivity contribution in [1.82, 2.24) is 14.5 Å². The molecule has 0 bridgehead atoms. The molecule has 6 nitrogen and oxygen atoms in total. The Morgan fingerprint density at radius 3 is 2.13 bits per heavy atom. The number of hydrogen-bond donors (Lipinski definition) is 1. The zero-order valence-electron chi connectivity index (χ0n) is 14.4. The highest BCUT2D eigenvalue weighted by Gasteiger charge is 2.17. The summed E-state index contributed by atoms with van der Waals surface area (Å²) in [4.78, 5) is 14.5. The summed E-state index contributed by atoms with van der Waals surface area (Å²) >= 11 is 0. The maximum atomic E-state index is 12.0. The lowest BCUT2D eigenvalue weighted by Gasteiger charge is -2.17. The zero-order valence-corrected chi connectivity index (χ0v) is 15.2. The average molecular weight is 341 g/mol. The molecule has 1 aromatic carbocycles. The van der Waals surface area contributed by atoms with Crippen molar-refractivity contribution in [3.05, 3.63) is 29.8 Å². The Morgan fingerprint density at radius 1 is 1.09 bits per heavy atom. The minimum Gasteiger partial charge on any atom is -0.352 e. The van der Waals surface area contributed by atoms with Crippen LogP contribution >= 0.6 is 0 Å². The van der Waals surface area contributed by atoms with Crippen molar-refractivity contribution in [3.8, 4) is 0 Å². The summed E-state index contributed by atoms with van der Waals surface area (Å²) in [6, 6.07) is 5.99. The Balaban J connectivity index is 2.55. The fraction of sp³-hybridized carbons (Fsp3) is 0.562. The fourth-order valence-corrected chi connectivity index (χ4v) is 3.04. The number of carbonyl (C=O) groups is 1. The van der Waals surface area contributed by atoms with Crippen LogP contribution < -0.4 is 5.32 Å². The SMILES string of the molecule is CCN(CC)CCCNC(=O)c1ccc(S(=O)(=O)N(C)C)cc1. The second kappa shape index (κ2) is 9.00. The van der Waals surface area contributed by atoms with Crippen LogP contribution in [0.5, 0.6) is 0 Å². The van der Waals surface area contributed by atoms with Gasteiger partial charge in [0.2, 0.25) is 10.0 Å². The van der Waals surface area contributed by atoms with Gasteiger partial charge in [0.1, 0.15) is 0 Å². The van der Waals surface area contributed by atoms with Crippen LogP contribution in [0.15, 0.2) is 29.2 Å². The Bertz CT molecular complexity index is 594. The highest BCUT2D eigenvalue weighted by molar-refractivity contribution is 7.89. The van der Waals surface area contributed by atoms with E-state index in [4.69, 9.17) is 0 Å². The first-order chi connectivity index (χ1) is 10.8. The van der Waals surface area contributed by atoms with Crippen molar-refractivity contribution >= 4 is 15.9 Å². The van der Waals surface area contributed by atoms with Crippen LogP contribution in [0.2, 0.25) is 0 Å². The molecule has 1 N–H and O–H groups in total. The fourth-order valence-electron chi connectivity index (χ4n) is 2.14. The minimum atomic E-state index is -3.46. The number of hydrogen-bond acceptors (Lipinski definition) is 4. The van der Waals surface area contributed by atoms with Gasteiger partial charge in [-0.15, -0.1) is 0 Å². The van der Waals surface area contributed by atoms with Gasteiger partial charge < -0.3 is 10.2 Å². The Kier molecular flexibility index (Phi) is 7.67. The molecule has 130 valence electrons. The summed E-state index contributed by atoms with van der Waals surface area (Å²) in [5.41, 5.74) is 0.463. The number of nitrogens with one attached hydrogen (secondary N) is 1. The number of sulfonamides is 1. The van der Waals surface area contributed by atoms with E-state index in [-0.39, 0.29) is 10.8 Å². The Morgan fingerprint density at radius 2 is 1.65 bits per heavy atom. The minimum absolute atomic E-state index is 0.181. The van der Waals surface area contributed by atoms with Crippen molar-refractivity contribution in [1.29, 1.82) is 0 Å². The number of amides is 1. The summed E-state index contributed by atoms with van der Waals surface area (Å²) in [7, 11) is -0.504. The Labute approximate surface area is 139 Å². The van der Waals surface area contributed by atoms with E-state index in [9.17, 15) is 13.2 Å². The lowest BCUT2D eigenvalue weighted by molar-refractivity contribution is 0.0951. The number of benzene rings is 1. The van der Waals surface area contributed by atoms with Crippen molar-refractivity contribution < 1.29 is 13.2 Å². The third-order valence-electron chi connectivity index (χ3n) is 3.73. The van der Waals surface area contributed by atoms with E-state index in [1.165, 1.54) is 38.4 Å². The molecule has 23 heavy (non-hydrogen) atoms. The van der Waals surface area contributed by atoms with E-state index in [1.807, 2.05) is 0 Å². The van der Waals surface area contributed by atoms with Gasteiger partial charge in [-0.25, -0.2) is 12.7 Å². The van der Waals surface area contributed by atoms with Gasteiger partial charge in [-0.1, -0.05) is 13.8 Å². The summed E-state index contributed by atoms with van der Waals surface area (Å²) < 4.78 is 25.1. The molecule has 0 spiro atoms. The van der Waals surface area contributed by atoms with Crippen LogP contribution in [-0.2, 0) is 10.0 Å². The van der Waals surface area contributed by atoms with Crippen LogP contribution in [0, 0.1) is 0 Å².